The van der Waals surface area contributed by atoms with Crippen LogP contribution in [0.25, 0.3) is 11.5 Å². The second kappa shape index (κ2) is 7.57. The zero-order chi connectivity index (χ0) is 17.6. The fraction of sp³-hybridized carbons (Fsp3) is 0.167. The number of carbonyl (C=O) groups excluding carboxylic acids is 1. The van der Waals surface area contributed by atoms with Crippen LogP contribution in [-0.4, -0.2) is 29.5 Å². The molecule has 2 heterocycles. The van der Waals surface area contributed by atoms with Crippen molar-refractivity contribution in [3.8, 4) is 17.2 Å². The van der Waals surface area contributed by atoms with E-state index in [1.807, 2.05) is 24.3 Å². The van der Waals surface area contributed by atoms with Gasteiger partial charge in [-0.15, -0.1) is 0 Å². The van der Waals surface area contributed by atoms with Gasteiger partial charge in [0.15, 0.2) is 0 Å². The Morgan fingerprint density at radius 1 is 1.28 bits per heavy atom. The summed E-state index contributed by atoms with van der Waals surface area (Å²) in [6.45, 7) is 0.351. The molecule has 0 aliphatic rings. The monoisotopic (exact) mass is 341 g/mol. The molecule has 3 aromatic rings. The molecular formula is C18H16FN3O3. The van der Waals surface area contributed by atoms with E-state index in [1.165, 1.54) is 6.20 Å². The number of hydrogen-bond donors (Lipinski definition) is 1. The highest BCUT2D eigenvalue weighted by Crippen LogP contribution is 2.21. The Balaban J connectivity index is 1.55. The van der Waals surface area contributed by atoms with Gasteiger partial charge < -0.3 is 14.5 Å². The minimum atomic E-state index is -0.548. The van der Waals surface area contributed by atoms with Gasteiger partial charge in [0.1, 0.15) is 17.8 Å². The fourth-order valence-electron chi connectivity index (χ4n) is 2.23. The zero-order valence-corrected chi connectivity index (χ0v) is 13.5. The number of amides is 1. The number of pyridine rings is 1. The maximum Gasteiger partial charge on any atom is 0.252 e. The Kier molecular flexibility index (Phi) is 5.03. The summed E-state index contributed by atoms with van der Waals surface area (Å²) in [6, 6.07) is 8.50. The molecule has 0 bridgehead atoms. The van der Waals surface area contributed by atoms with Gasteiger partial charge in [0, 0.05) is 24.7 Å². The lowest BCUT2D eigenvalue weighted by molar-refractivity contribution is 0.0953. The van der Waals surface area contributed by atoms with Gasteiger partial charge in [-0.3, -0.25) is 9.78 Å². The quantitative estimate of drug-likeness (QED) is 0.746. The molecule has 0 aliphatic carbocycles. The molecule has 25 heavy (non-hydrogen) atoms. The Morgan fingerprint density at radius 2 is 2.08 bits per heavy atom. The first-order valence-corrected chi connectivity index (χ1v) is 7.63. The summed E-state index contributed by atoms with van der Waals surface area (Å²) in [5.41, 5.74) is 1.73. The van der Waals surface area contributed by atoms with E-state index < -0.39 is 5.82 Å². The number of rotatable bonds is 6. The maximum atomic E-state index is 13.1. The Morgan fingerprint density at radius 3 is 2.80 bits per heavy atom. The van der Waals surface area contributed by atoms with Gasteiger partial charge in [0.05, 0.1) is 24.6 Å². The first kappa shape index (κ1) is 16.6. The van der Waals surface area contributed by atoms with Crippen molar-refractivity contribution in [3.63, 3.8) is 0 Å². The van der Waals surface area contributed by atoms with E-state index in [2.05, 4.69) is 15.3 Å². The number of carbonyl (C=O) groups is 1. The standard InChI is InChI=1S/C18H16FN3O3/c1-24-16-4-2-12(3-5-16)18-22-15(11-25-18)6-7-21-17(23)13-8-14(19)10-20-9-13/h2-5,8-11H,6-7H2,1H3,(H,21,23). The van der Waals surface area contributed by atoms with Crippen molar-refractivity contribution in [1.82, 2.24) is 15.3 Å². The largest absolute Gasteiger partial charge is 0.497 e. The fourth-order valence-corrected chi connectivity index (χ4v) is 2.23. The Hall–Kier alpha value is -3.22. The lowest BCUT2D eigenvalue weighted by atomic mass is 10.2. The van der Waals surface area contributed by atoms with Gasteiger partial charge in [-0.1, -0.05) is 0 Å². The number of nitrogens with one attached hydrogen (secondary N) is 1. The molecule has 7 heteroatoms. The van der Waals surface area contributed by atoms with Gasteiger partial charge in [0.25, 0.3) is 5.91 Å². The molecule has 0 spiro atoms. The number of nitrogens with zero attached hydrogens (tertiary/aromatic N) is 2. The highest BCUT2D eigenvalue weighted by atomic mass is 19.1. The van der Waals surface area contributed by atoms with Crippen molar-refractivity contribution < 1.29 is 18.3 Å². The number of hydrogen-bond acceptors (Lipinski definition) is 5. The SMILES string of the molecule is COc1ccc(-c2nc(CCNC(=O)c3cncc(F)c3)co2)cc1. The Bertz CT molecular complexity index is 862. The first-order valence-electron chi connectivity index (χ1n) is 7.63. The number of ether oxygens (including phenoxy) is 1. The summed E-state index contributed by atoms with van der Waals surface area (Å²) in [7, 11) is 1.60. The minimum Gasteiger partial charge on any atom is -0.497 e. The van der Waals surface area contributed by atoms with Crippen molar-refractivity contribution in [2.45, 2.75) is 6.42 Å². The lowest BCUT2D eigenvalue weighted by Gasteiger charge is -2.03. The van der Waals surface area contributed by atoms with E-state index in [1.54, 1.807) is 13.4 Å². The third kappa shape index (κ3) is 4.20. The maximum absolute atomic E-state index is 13.1. The van der Waals surface area contributed by atoms with Gasteiger partial charge >= 0.3 is 0 Å². The van der Waals surface area contributed by atoms with Crippen LogP contribution in [0, 0.1) is 5.82 Å². The first-order chi connectivity index (χ1) is 12.2. The predicted molar refractivity (Wildman–Crippen MR) is 88.7 cm³/mol. The van der Waals surface area contributed by atoms with Crippen LogP contribution in [0.2, 0.25) is 0 Å². The molecule has 128 valence electrons. The smallest absolute Gasteiger partial charge is 0.252 e. The van der Waals surface area contributed by atoms with Crippen molar-refractivity contribution in [2.75, 3.05) is 13.7 Å². The number of aromatic nitrogens is 2. The summed E-state index contributed by atoms with van der Waals surface area (Å²) in [5, 5.41) is 2.69. The van der Waals surface area contributed by atoms with E-state index in [0.29, 0.717) is 24.6 Å². The van der Waals surface area contributed by atoms with Crippen LogP contribution in [-0.2, 0) is 6.42 Å². The molecule has 0 saturated carbocycles. The van der Waals surface area contributed by atoms with Gasteiger partial charge in [0.2, 0.25) is 5.89 Å². The molecule has 6 nitrogen and oxygen atoms in total. The number of methoxy groups -OCH3 is 1. The topological polar surface area (TPSA) is 77.2 Å². The molecule has 1 aromatic carbocycles. The minimum absolute atomic E-state index is 0.180. The molecule has 0 unspecified atom stereocenters. The van der Waals surface area contributed by atoms with Crippen LogP contribution < -0.4 is 10.1 Å². The van der Waals surface area contributed by atoms with E-state index in [4.69, 9.17) is 9.15 Å². The molecule has 3 rings (SSSR count). The number of benzene rings is 1. The van der Waals surface area contributed by atoms with E-state index in [9.17, 15) is 9.18 Å². The van der Waals surface area contributed by atoms with Crippen LogP contribution in [0.1, 0.15) is 16.1 Å². The van der Waals surface area contributed by atoms with Crippen molar-refractivity contribution >= 4 is 5.91 Å². The summed E-state index contributed by atoms with van der Waals surface area (Å²) in [4.78, 5) is 19.9. The molecule has 0 atom stereocenters. The van der Waals surface area contributed by atoms with Crippen LogP contribution in [0.4, 0.5) is 4.39 Å². The predicted octanol–water partition coefficient (Wildman–Crippen LogP) is 2.86. The van der Waals surface area contributed by atoms with Crippen molar-refractivity contribution in [3.05, 3.63) is 66.1 Å². The molecule has 0 radical (unpaired) electrons. The van der Waals surface area contributed by atoms with Crippen molar-refractivity contribution in [2.24, 2.45) is 0 Å². The molecular weight excluding hydrogens is 325 g/mol. The average molecular weight is 341 g/mol. The highest BCUT2D eigenvalue weighted by Gasteiger charge is 2.09. The van der Waals surface area contributed by atoms with Gasteiger partial charge in [-0.25, -0.2) is 9.37 Å². The second-order valence-electron chi connectivity index (χ2n) is 5.27. The third-order valence-electron chi connectivity index (χ3n) is 3.52. The molecule has 0 aliphatic heterocycles. The molecule has 1 N–H and O–H groups in total. The van der Waals surface area contributed by atoms with E-state index in [0.717, 1.165) is 23.6 Å². The zero-order valence-electron chi connectivity index (χ0n) is 13.5. The van der Waals surface area contributed by atoms with Crippen LogP contribution in [0.5, 0.6) is 5.75 Å². The summed E-state index contributed by atoms with van der Waals surface area (Å²) in [5.74, 6) is 0.322. The average Bonchev–Trinajstić information content (AvgIpc) is 3.10. The summed E-state index contributed by atoms with van der Waals surface area (Å²) < 4.78 is 23.6. The molecule has 2 aromatic heterocycles. The number of oxazole rings is 1. The number of halogens is 1. The van der Waals surface area contributed by atoms with E-state index in [-0.39, 0.29) is 11.5 Å². The second-order valence-corrected chi connectivity index (χ2v) is 5.27. The van der Waals surface area contributed by atoms with Crippen LogP contribution in [0.15, 0.2) is 53.4 Å². The van der Waals surface area contributed by atoms with Gasteiger partial charge in [-0.05, 0) is 30.3 Å². The Labute approximate surface area is 143 Å². The normalized spacial score (nSPS) is 10.5. The molecule has 1 amide bonds. The molecule has 0 saturated heterocycles. The van der Waals surface area contributed by atoms with Crippen molar-refractivity contribution in [1.29, 1.82) is 0 Å². The third-order valence-corrected chi connectivity index (χ3v) is 3.52. The summed E-state index contributed by atoms with van der Waals surface area (Å²) >= 11 is 0. The van der Waals surface area contributed by atoms with Gasteiger partial charge in [-0.2, -0.15) is 0 Å². The summed E-state index contributed by atoms with van der Waals surface area (Å²) in [6.07, 6.45) is 4.41. The highest BCUT2D eigenvalue weighted by molar-refractivity contribution is 5.93. The van der Waals surface area contributed by atoms with Crippen LogP contribution in [0.3, 0.4) is 0 Å². The van der Waals surface area contributed by atoms with E-state index >= 15 is 0 Å². The van der Waals surface area contributed by atoms with Crippen LogP contribution >= 0.6 is 0 Å². The molecule has 0 fully saturated rings. The lowest BCUT2D eigenvalue weighted by Crippen LogP contribution is -2.26.